The molecule has 1 aromatic rings. The van der Waals surface area contributed by atoms with Crippen molar-refractivity contribution in [1.29, 1.82) is 0 Å². The molecule has 0 aliphatic carbocycles. The van der Waals surface area contributed by atoms with Crippen molar-refractivity contribution in [2.75, 3.05) is 11.9 Å². The van der Waals surface area contributed by atoms with Crippen LogP contribution in [0.15, 0.2) is 12.1 Å². The number of primary amides is 1. The molecule has 0 aliphatic rings. The van der Waals surface area contributed by atoms with Gasteiger partial charge in [-0.3, -0.25) is 9.59 Å². The van der Waals surface area contributed by atoms with Crippen LogP contribution < -0.4 is 11.1 Å². The van der Waals surface area contributed by atoms with E-state index >= 15 is 0 Å². The zero-order valence-electron chi connectivity index (χ0n) is 10.4. The van der Waals surface area contributed by atoms with Crippen LogP contribution in [0.2, 0.25) is 0 Å². The first kappa shape index (κ1) is 14.0. The average Bonchev–Trinajstić information content (AvgIpc) is 2.28. The summed E-state index contributed by atoms with van der Waals surface area (Å²) in [5, 5.41) is 11.7. The largest absolute Gasteiger partial charge is 0.481 e. The lowest BCUT2D eigenvalue weighted by Crippen LogP contribution is -2.18. The number of rotatable bonds is 6. The lowest BCUT2D eigenvalue weighted by Gasteiger charge is -2.11. The zero-order valence-corrected chi connectivity index (χ0v) is 10.4. The average molecular weight is 251 g/mol. The molecule has 0 fully saturated rings. The molecular weight excluding hydrogens is 234 g/mol. The fraction of sp³-hybridized carbons (Fsp3) is 0.417. The van der Waals surface area contributed by atoms with E-state index in [1.807, 2.05) is 0 Å². The third kappa shape index (κ3) is 3.73. The van der Waals surface area contributed by atoms with Gasteiger partial charge in [0.1, 0.15) is 5.82 Å². The number of hydrogen-bond acceptors (Lipinski definition) is 4. The molecule has 18 heavy (non-hydrogen) atoms. The van der Waals surface area contributed by atoms with Gasteiger partial charge < -0.3 is 16.2 Å². The van der Waals surface area contributed by atoms with E-state index in [0.29, 0.717) is 24.3 Å². The highest BCUT2D eigenvalue weighted by Gasteiger charge is 2.12. The SMILES string of the molecule is Cc1ccc(C(N)=O)c(NCCC(C)C(=O)O)n1. The highest BCUT2D eigenvalue weighted by atomic mass is 16.4. The van der Waals surface area contributed by atoms with Gasteiger partial charge in [0.2, 0.25) is 0 Å². The number of carboxylic acids is 1. The molecule has 0 aromatic carbocycles. The molecule has 0 radical (unpaired) electrons. The summed E-state index contributed by atoms with van der Waals surface area (Å²) in [6.07, 6.45) is 0.448. The minimum atomic E-state index is -0.843. The molecule has 0 bridgehead atoms. The fourth-order valence-electron chi connectivity index (χ4n) is 1.42. The Kier molecular flexibility index (Phi) is 4.65. The van der Waals surface area contributed by atoms with E-state index in [9.17, 15) is 9.59 Å². The van der Waals surface area contributed by atoms with E-state index in [1.165, 1.54) is 0 Å². The Morgan fingerprint density at radius 2 is 2.17 bits per heavy atom. The Balaban J connectivity index is 2.69. The molecule has 0 saturated heterocycles. The topological polar surface area (TPSA) is 105 Å². The van der Waals surface area contributed by atoms with E-state index < -0.39 is 17.8 Å². The van der Waals surface area contributed by atoms with Gasteiger partial charge in [-0.15, -0.1) is 0 Å². The molecule has 1 unspecified atom stereocenters. The zero-order chi connectivity index (χ0) is 13.7. The molecule has 1 heterocycles. The predicted octanol–water partition coefficient (Wildman–Crippen LogP) is 1.01. The van der Waals surface area contributed by atoms with Gasteiger partial charge in [0.15, 0.2) is 0 Å². The van der Waals surface area contributed by atoms with Crippen LogP contribution in [0.4, 0.5) is 5.82 Å². The van der Waals surface area contributed by atoms with Gasteiger partial charge in [0.05, 0.1) is 11.5 Å². The molecule has 98 valence electrons. The van der Waals surface area contributed by atoms with Crippen molar-refractivity contribution in [2.24, 2.45) is 11.7 Å². The number of aryl methyl sites for hydroxylation is 1. The van der Waals surface area contributed by atoms with Crippen molar-refractivity contribution in [3.63, 3.8) is 0 Å². The number of carbonyl (C=O) groups excluding carboxylic acids is 1. The third-order valence-electron chi connectivity index (χ3n) is 2.59. The number of carboxylic acid groups (broad SMARTS) is 1. The molecule has 1 aromatic heterocycles. The summed E-state index contributed by atoms with van der Waals surface area (Å²) in [5.74, 6) is -1.44. The maximum absolute atomic E-state index is 11.2. The molecular formula is C12H17N3O3. The van der Waals surface area contributed by atoms with E-state index in [1.54, 1.807) is 26.0 Å². The molecule has 1 atom stereocenters. The normalized spacial score (nSPS) is 11.9. The maximum Gasteiger partial charge on any atom is 0.306 e. The Hall–Kier alpha value is -2.11. The summed E-state index contributed by atoms with van der Waals surface area (Å²) in [6.45, 7) is 3.85. The first-order valence-electron chi connectivity index (χ1n) is 5.66. The number of hydrogen-bond donors (Lipinski definition) is 3. The van der Waals surface area contributed by atoms with Gasteiger partial charge >= 0.3 is 5.97 Å². The molecule has 0 aliphatic heterocycles. The number of carbonyl (C=O) groups is 2. The number of pyridine rings is 1. The molecule has 0 saturated carbocycles. The number of aromatic nitrogens is 1. The summed E-state index contributed by atoms with van der Waals surface area (Å²) < 4.78 is 0. The van der Waals surface area contributed by atoms with Gasteiger partial charge in [0.25, 0.3) is 5.91 Å². The quantitative estimate of drug-likeness (QED) is 0.699. The Labute approximate surface area is 105 Å². The number of nitrogens with zero attached hydrogens (tertiary/aromatic N) is 1. The first-order chi connectivity index (χ1) is 8.41. The van der Waals surface area contributed by atoms with Gasteiger partial charge in [-0.05, 0) is 25.5 Å². The number of amides is 1. The van der Waals surface area contributed by atoms with Crippen molar-refractivity contribution >= 4 is 17.7 Å². The van der Waals surface area contributed by atoms with Crippen LogP contribution in [-0.4, -0.2) is 28.5 Å². The van der Waals surface area contributed by atoms with Crippen LogP contribution in [0.3, 0.4) is 0 Å². The lowest BCUT2D eigenvalue weighted by atomic mass is 10.1. The van der Waals surface area contributed by atoms with Crippen molar-refractivity contribution < 1.29 is 14.7 Å². The number of nitrogens with one attached hydrogen (secondary N) is 1. The number of nitrogens with two attached hydrogens (primary N) is 1. The summed E-state index contributed by atoms with van der Waals surface area (Å²) in [5.41, 5.74) is 6.30. The highest BCUT2D eigenvalue weighted by Crippen LogP contribution is 2.13. The van der Waals surface area contributed by atoms with Crippen LogP contribution in [-0.2, 0) is 4.79 Å². The second kappa shape index (κ2) is 6.00. The highest BCUT2D eigenvalue weighted by molar-refractivity contribution is 5.97. The van der Waals surface area contributed by atoms with Gasteiger partial charge in [0, 0.05) is 12.2 Å². The van der Waals surface area contributed by atoms with Gasteiger partial charge in [-0.25, -0.2) is 4.98 Å². The van der Waals surface area contributed by atoms with Gasteiger partial charge in [-0.1, -0.05) is 6.92 Å². The summed E-state index contributed by atoms with van der Waals surface area (Å²) in [6, 6.07) is 3.30. The Morgan fingerprint density at radius 3 is 2.72 bits per heavy atom. The number of aliphatic carboxylic acids is 1. The monoisotopic (exact) mass is 251 g/mol. The molecule has 4 N–H and O–H groups in total. The van der Waals surface area contributed by atoms with Crippen molar-refractivity contribution in [2.45, 2.75) is 20.3 Å². The first-order valence-corrected chi connectivity index (χ1v) is 5.66. The minimum absolute atomic E-state index is 0.309. The van der Waals surface area contributed by atoms with E-state index in [-0.39, 0.29) is 0 Å². The van der Waals surface area contributed by atoms with Crippen molar-refractivity contribution in [1.82, 2.24) is 4.98 Å². The second-order valence-electron chi connectivity index (χ2n) is 4.17. The molecule has 0 spiro atoms. The molecule has 1 amide bonds. The maximum atomic E-state index is 11.2. The van der Waals surface area contributed by atoms with Crippen LogP contribution in [0, 0.1) is 12.8 Å². The van der Waals surface area contributed by atoms with Gasteiger partial charge in [-0.2, -0.15) is 0 Å². The minimum Gasteiger partial charge on any atom is -0.481 e. The van der Waals surface area contributed by atoms with Crippen molar-refractivity contribution in [3.05, 3.63) is 23.4 Å². The summed E-state index contributed by atoms with van der Waals surface area (Å²) in [7, 11) is 0. The smallest absolute Gasteiger partial charge is 0.306 e. The fourth-order valence-corrected chi connectivity index (χ4v) is 1.42. The summed E-state index contributed by atoms with van der Waals surface area (Å²) >= 11 is 0. The molecule has 6 heteroatoms. The van der Waals surface area contributed by atoms with Crippen LogP contribution >= 0.6 is 0 Å². The lowest BCUT2D eigenvalue weighted by molar-refractivity contribution is -0.141. The van der Waals surface area contributed by atoms with E-state index in [4.69, 9.17) is 10.8 Å². The van der Waals surface area contributed by atoms with Crippen molar-refractivity contribution in [3.8, 4) is 0 Å². The van der Waals surface area contributed by atoms with Crippen LogP contribution in [0.5, 0.6) is 0 Å². The second-order valence-corrected chi connectivity index (χ2v) is 4.17. The Bertz CT molecular complexity index is 460. The number of anilines is 1. The standard InChI is InChI=1S/C12H17N3O3/c1-7(12(17)18)5-6-14-11-9(10(13)16)4-3-8(2)15-11/h3-4,7H,5-6H2,1-2H3,(H2,13,16)(H,14,15)(H,17,18). The predicted molar refractivity (Wildman–Crippen MR) is 67.4 cm³/mol. The van der Waals surface area contributed by atoms with E-state index in [2.05, 4.69) is 10.3 Å². The van der Waals surface area contributed by atoms with Crippen LogP contribution in [0.1, 0.15) is 29.4 Å². The van der Waals surface area contributed by atoms with Crippen LogP contribution in [0.25, 0.3) is 0 Å². The summed E-state index contributed by atoms with van der Waals surface area (Å²) in [4.78, 5) is 26.0. The van der Waals surface area contributed by atoms with E-state index in [0.717, 1.165) is 5.69 Å². The Morgan fingerprint density at radius 1 is 1.50 bits per heavy atom. The third-order valence-corrected chi connectivity index (χ3v) is 2.59. The molecule has 6 nitrogen and oxygen atoms in total. The molecule has 1 rings (SSSR count).